The number of hydrogen-bond donors (Lipinski definition) is 3. The third kappa shape index (κ3) is 73.6. The Kier molecular flexibility index (Phi) is 71.8. The topological polar surface area (TPSA) is 237 Å². The van der Waals surface area contributed by atoms with Crippen molar-refractivity contribution < 1.29 is 80.2 Å². The summed E-state index contributed by atoms with van der Waals surface area (Å²) in [5.74, 6) is 0.243. The first-order chi connectivity index (χ1) is 49.3. The molecule has 0 saturated heterocycles. The van der Waals surface area contributed by atoms with Crippen LogP contribution in [0.3, 0.4) is 0 Å². The van der Waals surface area contributed by atoms with Crippen LogP contribution in [0.2, 0.25) is 0 Å². The molecule has 0 amide bonds. The molecule has 0 aliphatic heterocycles. The number of phosphoric ester groups is 2. The molecule has 0 aliphatic rings. The standard InChI is InChI=1S/C83H162O17P2/c1-8-11-12-13-14-15-16-17-18-21-25-28-31-37-42-50-57-64-80(85)93-70-78(99-82(87)66-59-52-43-38-32-29-26-23-20-19-22-24-27-30-36-41-48-55-62-75(6)9-2)72-97-101(89,90)95-68-77(84)69-96-102(91,92)98-73-79(71-94-81(86)65-58-51-46-45-49-56-63-76(7)10-3)100-83(88)67-60-53-44-39-34-33-35-40-47-54-61-74(4)5/h74-79,84H,8-73H2,1-7H3,(H,89,90)(H,91,92)/t75?,76?,77-,78-,79-/m1/s1. The van der Waals surface area contributed by atoms with E-state index in [9.17, 15) is 43.2 Å². The quantitative estimate of drug-likeness (QED) is 0.0222. The van der Waals surface area contributed by atoms with Crippen molar-refractivity contribution in [1.29, 1.82) is 0 Å². The smallest absolute Gasteiger partial charge is 0.462 e. The maximum atomic E-state index is 13.1. The van der Waals surface area contributed by atoms with Gasteiger partial charge in [-0.1, -0.05) is 382 Å². The zero-order valence-electron chi connectivity index (χ0n) is 67.1. The second-order valence-electron chi connectivity index (χ2n) is 30.8. The number of carbonyl (C=O) groups excluding carboxylic acids is 4. The Morgan fingerprint density at radius 1 is 0.284 bits per heavy atom. The molecule has 0 aromatic heterocycles. The molecule has 0 aromatic carbocycles. The predicted molar refractivity (Wildman–Crippen MR) is 418 cm³/mol. The largest absolute Gasteiger partial charge is 0.472 e. The molecule has 0 bridgehead atoms. The van der Waals surface area contributed by atoms with Gasteiger partial charge in [-0.2, -0.15) is 0 Å². The molecule has 7 atom stereocenters. The van der Waals surface area contributed by atoms with Gasteiger partial charge >= 0.3 is 39.5 Å². The highest BCUT2D eigenvalue weighted by atomic mass is 31.2. The highest BCUT2D eigenvalue weighted by Gasteiger charge is 2.30. The van der Waals surface area contributed by atoms with Gasteiger partial charge in [-0.25, -0.2) is 9.13 Å². The van der Waals surface area contributed by atoms with E-state index in [2.05, 4.69) is 48.5 Å². The van der Waals surface area contributed by atoms with Crippen LogP contribution in [0.25, 0.3) is 0 Å². The van der Waals surface area contributed by atoms with Crippen molar-refractivity contribution in [3.8, 4) is 0 Å². The van der Waals surface area contributed by atoms with Crippen LogP contribution in [0.4, 0.5) is 0 Å². The predicted octanol–water partition coefficient (Wildman–Crippen LogP) is 24.9. The molecule has 102 heavy (non-hydrogen) atoms. The van der Waals surface area contributed by atoms with Crippen LogP contribution in [0, 0.1) is 17.8 Å². The van der Waals surface area contributed by atoms with E-state index in [0.29, 0.717) is 25.7 Å². The molecule has 19 heteroatoms. The normalized spacial score (nSPS) is 14.5. The molecule has 0 rings (SSSR count). The number of aliphatic hydroxyl groups is 1. The number of phosphoric acid groups is 2. The minimum absolute atomic E-state index is 0.105. The first-order valence-corrected chi connectivity index (χ1v) is 45.9. The first kappa shape index (κ1) is 100. The first-order valence-electron chi connectivity index (χ1n) is 42.9. The summed E-state index contributed by atoms with van der Waals surface area (Å²) in [6.45, 7) is 12.0. The van der Waals surface area contributed by atoms with Gasteiger partial charge in [0.05, 0.1) is 26.4 Å². The molecule has 0 saturated carbocycles. The average Bonchev–Trinajstić information content (AvgIpc) is 1.87. The third-order valence-corrected chi connectivity index (χ3v) is 22.0. The molecule has 17 nitrogen and oxygen atoms in total. The summed E-state index contributed by atoms with van der Waals surface area (Å²) in [5, 5.41) is 10.6. The van der Waals surface area contributed by atoms with Gasteiger partial charge in [0.1, 0.15) is 19.3 Å². The van der Waals surface area contributed by atoms with E-state index in [1.165, 1.54) is 238 Å². The summed E-state index contributed by atoms with van der Waals surface area (Å²) in [6.07, 6.45) is 62.5. The van der Waals surface area contributed by atoms with Crippen molar-refractivity contribution >= 4 is 39.5 Å². The lowest BCUT2D eigenvalue weighted by Crippen LogP contribution is -2.30. The Labute approximate surface area is 626 Å². The van der Waals surface area contributed by atoms with Gasteiger partial charge < -0.3 is 33.8 Å². The van der Waals surface area contributed by atoms with E-state index >= 15 is 0 Å². The van der Waals surface area contributed by atoms with Gasteiger partial charge in [0.2, 0.25) is 0 Å². The Hall–Kier alpha value is -1.94. The molecule has 606 valence electrons. The molecule has 4 unspecified atom stereocenters. The van der Waals surface area contributed by atoms with Gasteiger partial charge in [0.15, 0.2) is 12.2 Å². The van der Waals surface area contributed by atoms with E-state index in [1.807, 2.05) is 0 Å². The Bertz CT molecular complexity index is 1980. The van der Waals surface area contributed by atoms with Gasteiger partial charge in [-0.3, -0.25) is 37.3 Å². The van der Waals surface area contributed by atoms with E-state index in [0.717, 1.165) is 114 Å². The summed E-state index contributed by atoms with van der Waals surface area (Å²) in [4.78, 5) is 73.1. The fraction of sp³-hybridized carbons (Fsp3) is 0.952. The number of hydrogen-bond acceptors (Lipinski definition) is 15. The second-order valence-corrected chi connectivity index (χ2v) is 33.7. The second kappa shape index (κ2) is 73.2. The average molecular weight is 1490 g/mol. The molecular formula is C83H162O17P2. The Balaban J connectivity index is 5.22. The molecule has 0 heterocycles. The summed E-state index contributed by atoms with van der Waals surface area (Å²) in [6, 6.07) is 0. The molecule has 0 aromatic rings. The van der Waals surface area contributed by atoms with E-state index in [4.69, 9.17) is 37.0 Å². The van der Waals surface area contributed by atoms with Crippen LogP contribution in [-0.4, -0.2) is 96.7 Å². The molecule has 3 N–H and O–H groups in total. The van der Waals surface area contributed by atoms with Crippen molar-refractivity contribution in [1.82, 2.24) is 0 Å². The zero-order valence-corrected chi connectivity index (χ0v) is 68.9. The number of aliphatic hydroxyl groups excluding tert-OH is 1. The Morgan fingerprint density at radius 2 is 0.500 bits per heavy atom. The van der Waals surface area contributed by atoms with Crippen LogP contribution in [-0.2, 0) is 65.4 Å². The number of rotatable bonds is 81. The molecule has 0 spiro atoms. The van der Waals surface area contributed by atoms with E-state index in [1.54, 1.807) is 0 Å². The zero-order chi connectivity index (χ0) is 75.1. The van der Waals surface area contributed by atoms with Crippen molar-refractivity contribution in [3.63, 3.8) is 0 Å². The highest BCUT2D eigenvalue weighted by molar-refractivity contribution is 7.47. The number of esters is 4. The summed E-state index contributed by atoms with van der Waals surface area (Å²) in [5.41, 5.74) is 0. The summed E-state index contributed by atoms with van der Waals surface area (Å²) >= 11 is 0. The maximum absolute atomic E-state index is 13.1. The van der Waals surface area contributed by atoms with Crippen LogP contribution in [0.1, 0.15) is 434 Å². The fourth-order valence-electron chi connectivity index (χ4n) is 12.8. The maximum Gasteiger partial charge on any atom is 0.472 e. The van der Waals surface area contributed by atoms with Gasteiger partial charge in [-0.05, 0) is 43.4 Å². The van der Waals surface area contributed by atoms with Crippen molar-refractivity contribution in [3.05, 3.63) is 0 Å². The van der Waals surface area contributed by atoms with E-state index < -0.39 is 97.5 Å². The highest BCUT2D eigenvalue weighted by Crippen LogP contribution is 2.45. The minimum atomic E-state index is -4.96. The number of ether oxygens (including phenoxy) is 4. The molecule has 0 radical (unpaired) electrons. The van der Waals surface area contributed by atoms with Crippen LogP contribution in [0.5, 0.6) is 0 Å². The van der Waals surface area contributed by atoms with Crippen molar-refractivity contribution in [2.45, 2.75) is 452 Å². The molecular weight excluding hydrogens is 1330 g/mol. The fourth-order valence-corrected chi connectivity index (χ4v) is 14.4. The number of carbonyl (C=O) groups is 4. The third-order valence-electron chi connectivity index (χ3n) is 20.1. The SMILES string of the molecule is CCCCCCCCCCCCCCCCCCCC(=O)OC[C@H](COP(=O)(O)OC[C@@H](O)COP(=O)(O)OC[C@@H](COC(=O)CCCCCCCCC(C)CC)OC(=O)CCCCCCCCCCCCC(C)C)OC(=O)CCCCCCCCCCCCCCCCCCCCC(C)CC. The molecule has 0 fully saturated rings. The van der Waals surface area contributed by atoms with E-state index in [-0.39, 0.29) is 25.7 Å². The Morgan fingerprint density at radius 3 is 0.745 bits per heavy atom. The monoisotopic (exact) mass is 1490 g/mol. The lowest BCUT2D eigenvalue weighted by Gasteiger charge is -2.21. The lowest BCUT2D eigenvalue weighted by atomic mass is 9.99. The van der Waals surface area contributed by atoms with Gasteiger partial charge in [0, 0.05) is 25.7 Å². The van der Waals surface area contributed by atoms with Crippen LogP contribution < -0.4 is 0 Å². The summed E-state index contributed by atoms with van der Waals surface area (Å²) < 4.78 is 68.8. The van der Waals surface area contributed by atoms with Gasteiger partial charge in [-0.15, -0.1) is 0 Å². The van der Waals surface area contributed by atoms with Crippen molar-refractivity contribution in [2.24, 2.45) is 17.8 Å². The number of unbranched alkanes of at least 4 members (excludes halogenated alkanes) is 47. The van der Waals surface area contributed by atoms with Crippen LogP contribution in [0.15, 0.2) is 0 Å². The summed E-state index contributed by atoms with van der Waals surface area (Å²) in [7, 11) is -9.92. The molecule has 0 aliphatic carbocycles. The lowest BCUT2D eigenvalue weighted by molar-refractivity contribution is -0.161. The minimum Gasteiger partial charge on any atom is -0.462 e. The van der Waals surface area contributed by atoms with Crippen LogP contribution >= 0.6 is 15.6 Å². The van der Waals surface area contributed by atoms with Crippen molar-refractivity contribution in [2.75, 3.05) is 39.6 Å². The van der Waals surface area contributed by atoms with Gasteiger partial charge in [0.25, 0.3) is 0 Å².